The molecule has 2 heterocycles. The van der Waals surface area contributed by atoms with Crippen LogP contribution >= 0.6 is 15.9 Å². The van der Waals surface area contributed by atoms with E-state index in [-0.39, 0.29) is 0 Å². The van der Waals surface area contributed by atoms with E-state index in [0.717, 1.165) is 21.1 Å². The summed E-state index contributed by atoms with van der Waals surface area (Å²) in [6, 6.07) is 11.6. The fourth-order valence-corrected chi connectivity index (χ4v) is 3.45. The number of hydrogen-bond acceptors (Lipinski definition) is 8. The average Bonchev–Trinajstić information content (AvgIpc) is 2.78. The molecule has 0 amide bonds. The molecule has 0 spiro atoms. The minimum Gasteiger partial charge on any atom is -0.487 e. The van der Waals surface area contributed by atoms with Crippen molar-refractivity contribution in [3.05, 3.63) is 47.2 Å². The number of rotatable bonds is 2. The Morgan fingerprint density at radius 1 is 0.742 bits per heavy atom. The van der Waals surface area contributed by atoms with Crippen molar-refractivity contribution in [3.8, 4) is 11.5 Å². The molecule has 0 aliphatic carbocycles. The average molecular weight is 490 g/mol. The molecule has 8 nitrogen and oxygen atoms in total. The van der Waals surface area contributed by atoms with Crippen molar-refractivity contribution in [2.45, 2.75) is 0 Å². The Labute approximate surface area is 189 Å². The Morgan fingerprint density at radius 2 is 1.39 bits per heavy atom. The maximum absolute atomic E-state index is 5.97. The summed E-state index contributed by atoms with van der Waals surface area (Å²) in [5.74, 6) is 1.89. The van der Waals surface area contributed by atoms with Gasteiger partial charge in [0.15, 0.2) is 11.5 Å². The van der Waals surface area contributed by atoms with Crippen molar-refractivity contribution in [1.82, 2.24) is 9.97 Å². The van der Waals surface area contributed by atoms with E-state index in [2.05, 4.69) is 31.2 Å². The fraction of sp³-hybridized carbons (Fsp3) is 0.364. The van der Waals surface area contributed by atoms with Crippen LogP contribution in [0.5, 0.6) is 11.5 Å². The van der Waals surface area contributed by atoms with Crippen LogP contribution < -0.4 is 14.8 Å². The fourth-order valence-electron chi connectivity index (χ4n) is 3.06. The lowest BCUT2D eigenvalue weighted by molar-refractivity contribution is 0.00708. The first kappa shape index (κ1) is 21.8. The van der Waals surface area contributed by atoms with Gasteiger partial charge in [-0.3, -0.25) is 0 Å². The Hall–Kier alpha value is -2.46. The van der Waals surface area contributed by atoms with E-state index in [4.69, 9.17) is 23.7 Å². The molecule has 3 aromatic rings. The van der Waals surface area contributed by atoms with E-state index in [1.807, 2.05) is 36.4 Å². The summed E-state index contributed by atoms with van der Waals surface area (Å²) >= 11 is 3.49. The molecule has 1 aromatic heterocycles. The van der Waals surface area contributed by atoms with E-state index in [1.54, 1.807) is 0 Å². The summed E-state index contributed by atoms with van der Waals surface area (Å²) in [4.78, 5) is 8.83. The zero-order chi connectivity index (χ0) is 21.3. The van der Waals surface area contributed by atoms with Gasteiger partial charge in [-0.2, -0.15) is 0 Å². The topological polar surface area (TPSA) is 84.0 Å². The second-order valence-electron chi connectivity index (χ2n) is 6.71. The van der Waals surface area contributed by atoms with Gasteiger partial charge in [0.2, 0.25) is 0 Å². The Kier molecular flexibility index (Phi) is 7.89. The van der Waals surface area contributed by atoms with E-state index in [1.165, 1.54) is 6.33 Å². The van der Waals surface area contributed by atoms with Crippen molar-refractivity contribution in [1.29, 1.82) is 0 Å². The van der Waals surface area contributed by atoms with E-state index in [9.17, 15) is 0 Å². The summed E-state index contributed by atoms with van der Waals surface area (Å²) < 4.78 is 29.4. The number of anilines is 2. The highest BCUT2D eigenvalue weighted by Gasteiger charge is 2.13. The van der Waals surface area contributed by atoms with Crippen LogP contribution in [-0.4, -0.2) is 62.8 Å². The molecule has 1 aliphatic rings. The molecule has 0 bridgehead atoms. The first-order valence-corrected chi connectivity index (χ1v) is 10.9. The second kappa shape index (κ2) is 11.2. The van der Waals surface area contributed by atoms with Gasteiger partial charge in [-0.05, 0) is 24.3 Å². The molecule has 31 heavy (non-hydrogen) atoms. The summed E-state index contributed by atoms with van der Waals surface area (Å²) in [6.07, 6.45) is 1.53. The minimum atomic E-state index is 0.389. The van der Waals surface area contributed by atoms with Crippen molar-refractivity contribution in [2.75, 3.05) is 58.2 Å². The van der Waals surface area contributed by atoms with Gasteiger partial charge in [-0.15, -0.1) is 0 Å². The minimum absolute atomic E-state index is 0.389. The highest BCUT2D eigenvalue weighted by Crippen LogP contribution is 2.35. The summed E-state index contributed by atoms with van der Waals surface area (Å²) in [5.41, 5.74) is 1.66. The monoisotopic (exact) mass is 489 g/mol. The number of halogens is 1. The number of hydrogen-bond donors (Lipinski definition) is 1. The predicted octanol–water partition coefficient (Wildman–Crippen LogP) is 3.96. The molecule has 2 aromatic carbocycles. The third kappa shape index (κ3) is 6.27. The highest BCUT2D eigenvalue weighted by molar-refractivity contribution is 9.10. The van der Waals surface area contributed by atoms with Crippen molar-refractivity contribution >= 4 is 38.3 Å². The van der Waals surface area contributed by atoms with Gasteiger partial charge in [0.05, 0.1) is 45.2 Å². The summed E-state index contributed by atoms with van der Waals surface area (Å²) in [6.45, 7) is 3.78. The van der Waals surface area contributed by atoms with Crippen LogP contribution in [0.1, 0.15) is 0 Å². The normalized spacial score (nSPS) is 16.3. The highest BCUT2D eigenvalue weighted by atomic mass is 79.9. The zero-order valence-electron chi connectivity index (χ0n) is 17.0. The molecule has 0 unspecified atom stereocenters. The largest absolute Gasteiger partial charge is 0.487 e. The Bertz CT molecular complexity index is 1000. The van der Waals surface area contributed by atoms with Gasteiger partial charge < -0.3 is 29.0 Å². The molecular weight excluding hydrogens is 466 g/mol. The molecule has 0 radical (unpaired) electrons. The standard InChI is InChI=1S/C22H24BrN3O5/c23-16-2-1-3-17(12-16)26-22-18-13-20-21(14-19(18)24-15-25-22)31-11-9-29-7-5-27-4-6-28-8-10-30-20/h1-3,12-15H,4-11H2,(H,24,25,26). The molecule has 0 atom stereocenters. The quantitative estimate of drug-likeness (QED) is 0.578. The number of benzene rings is 2. The molecular formula is C22H24BrN3O5. The van der Waals surface area contributed by atoms with Gasteiger partial charge in [0.25, 0.3) is 0 Å². The SMILES string of the molecule is Brc1cccc(Nc2ncnc3cc4c(cc23)OCCOCCOCCOCCO4)c1. The van der Waals surface area contributed by atoms with Crippen LogP contribution in [0.4, 0.5) is 11.5 Å². The lowest BCUT2D eigenvalue weighted by Crippen LogP contribution is -2.13. The maximum atomic E-state index is 5.97. The lowest BCUT2D eigenvalue weighted by atomic mass is 10.2. The molecule has 0 fully saturated rings. The van der Waals surface area contributed by atoms with E-state index < -0.39 is 0 Å². The van der Waals surface area contributed by atoms with Crippen LogP contribution in [0.25, 0.3) is 10.9 Å². The molecule has 0 saturated carbocycles. The van der Waals surface area contributed by atoms with Crippen LogP contribution in [-0.2, 0) is 14.2 Å². The van der Waals surface area contributed by atoms with Crippen molar-refractivity contribution in [3.63, 3.8) is 0 Å². The molecule has 1 aliphatic heterocycles. The zero-order valence-corrected chi connectivity index (χ0v) is 18.6. The van der Waals surface area contributed by atoms with Gasteiger partial charge in [-0.25, -0.2) is 9.97 Å². The molecule has 4 rings (SSSR count). The van der Waals surface area contributed by atoms with Crippen LogP contribution in [0.15, 0.2) is 47.2 Å². The van der Waals surface area contributed by atoms with Gasteiger partial charge in [0, 0.05) is 21.6 Å². The number of aromatic nitrogens is 2. The molecule has 0 saturated heterocycles. The molecule has 9 heteroatoms. The first-order valence-electron chi connectivity index (χ1n) is 10.1. The van der Waals surface area contributed by atoms with E-state index in [0.29, 0.717) is 70.2 Å². The molecule has 164 valence electrons. The first-order chi connectivity index (χ1) is 15.3. The van der Waals surface area contributed by atoms with Crippen LogP contribution in [0, 0.1) is 0 Å². The predicted molar refractivity (Wildman–Crippen MR) is 120 cm³/mol. The third-order valence-electron chi connectivity index (χ3n) is 4.50. The Balaban J connectivity index is 1.60. The number of fused-ring (bicyclic) bond motifs is 2. The smallest absolute Gasteiger partial charge is 0.163 e. The van der Waals surface area contributed by atoms with Gasteiger partial charge in [0.1, 0.15) is 25.4 Å². The van der Waals surface area contributed by atoms with Gasteiger partial charge >= 0.3 is 0 Å². The summed E-state index contributed by atoms with van der Waals surface area (Å²) in [5, 5.41) is 4.18. The lowest BCUT2D eigenvalue weighted by Gasteiger charge is -2.15. The summed E-state index contributed by atoms with van der Waals surface area (Å²) in [7, 11) is 0. The third-order valence-corrected chi connectivity index (χ3v) is 5.00. The Morgan fingerprint density at radius 3 is 2.06 bits per heavy atom. The number of nitrogens with zero attached hydrogens (tertiary/aromatic N) is 2. The maximum Gasteiger partial charge on any atom is 0.163 e. The van der Waals surface area contributed by atoms with Crippen LogP contribution in [0.2, 0.25) is 0 Å². The second-order valence-corrected chi connectivity index (χ2v) is 7.62. The van der Waals surface area contributed by atoms with Crippen molar-refractivity contribution in [2.24, 2.45) is 0 Å². The number of nitrogens with one attached hydrogen (secondary N) is 1. The van der Waals surface area contributed by atoms with Crippen molar-refractivity contribution < 1.29 is 23.7 Å². The van der Waals surface area contributed by atoms with E-state index >= 15 is 0 Å². The molecule has 1 N–H and O–H groups in total. The van der Waals surface area contributed by atoms with Crippen LogP contribution in [0.3, 0.4) is 0 Å². The number of ether oxygens (including phenoxy) is 5. The van der Waals surface area contributed by atoms with Gasteiger partial charge in [-0.1, -0.05) is 22.0 Å².